The largest absolute Gasteiger partial charge is 0.375 e. The molecule has 0 saturated carbocycles. The number of hydrogen-bond donors (Lipinski definition) is 1. The number of hydrogen-bond acceptors (Lipinski definition) is 4. The van der Waals surface area contributed by atoms with Gasteiger partial charge in [0, 0.05) is 38.1 Å². The van der Waals surface area contributed by atoms with E-state index in [1.54, 1.807) is 12.7 Å². The molecule has 0 atom stereocenters. The van der Waals surface area contributed by atoms with Gasteiger partial charge in [-0.2, -0.15) is 5.10 Å². The van der Waals surface area contributed by atoms with Crippen LogP contribution in [0.15, 0.2) is 36.9 Å². The van der Waals surface area contributed by atoms with Crippen LogP contribution < -0.4 is 10.2 Å². The van der Waals surface area contributed by atoms with Gasteiger partial charge < -0.3 is 15.1 Å². The van der Waals surface area contributed by atoms with Gasteiger partial charge in [0.05, 0.1) is 6.04 Å². The zero-order valence-electron chi connectivity index (χ0n) is 14.2. The number of anilines is 2. The molecule has 2 heterocycles. The molecule has 1 aromatic heterocycles. The van der Waals surface area contributed by atoms with Crippen LogP contribution in [-0.4, -0.2) is 52.4 Å². The summed E-state index contributed by atoms with van der Waals surface area (Å²) in [7, 11) is 2.04. The molecule has 24 heavy (non-hydrogen) atoms. The minimum atomic E-state index is -0.0386. The predicted octanol–water partition coefficient (Wildman–Crippen LogP) is 2.60. The van der Waals surface area contributed by atoms with Crippen molar-refractivity contribution in [3.63, 3.8) is 0 Å². The van der Waals surface area contributed by atoms with Gasteiger partial charge in [0.1, 0.15) is 12.7 Å². The lowest BCUT2D eigenvalue weighted by molar-refractivity contribution is 0.180. The second-order valence-electron chi connectivity index (χ2n) is 6.09. The summed E-state index contributed by atoms with van der Waals surface area (Å²) in [5.41, 5.74) is 1.93. The van der Waals surface area contributed by atoms with Gasteiger partial charge in [-0.3, -0.25) is 0 Å². The molecule has 2 amide bonds. The van der Waals surface area contributed by atoms with Gasteiger partial charge in [-0.25, -0.2) is 14.5 Å². The van der Waals surface area contributed by atoms with Crippen molar-refractivity contribution in [2.75, 3.05) is 36.9 Å². The van der Waals surface area contributed by atoms with Crippen molar-refractivity contribution in [3.05, 3.63) is 36.9 Å². The monoisotopic (exact) mass is 328 g/mol. The van der Waals surface area contributed by atoms with E-state index in [9.17, 15) is 4.79 Å². The molecular weight excluding hydrogens is 304 g/mol. The fraction of sp³-hybridized carbons (Fsp3) is 0.471. The van der Waals surface area contributed by atoms with Crippen LogP contribution in [0, 0.1) is 0 Å². The number of carbonyl (C=O) groups is 1. The molecule has 7 heteroatoms. The Morgan fingerprint density at radius 2 is 2.17 bits per heavy atom. The van der Waals surface area contributed by atoms with Crippen LogP contribution in [0.3, 0.4) is 0 Å². The predicted molar refractivity (Wildman–Crippen MR) is 94.3 cm³/mol. The molecule has 1 N–H and O–H groups in total. The molecule has 1 aromatic carbocycles. The molecule has 3 rings (SSSR count). The van der Waals surface area contributed by atoms with Gasteiger partial charge >= 0.3 is 6.03 Å². The standard InChI is InChI=1S/C17H24N6O/c1-3-21(2)16-6-4-5-14(11-16)20-17(24)22-9-7-15(8-10-22)23-13-18-12-19-23/h4-6,11-13,15H,3,7-10H2,1-2H3,(H,20,24). The normalized spacial score (nSPS) is 15.3. The van der Waals surface area contributed by atoms with Crippen molar-refractivity contribution in [1.82, 2.24) is 19.7 Å². The quantitative estimate of drug-likeness (QED) is 0.937. The van der Waals surface area contributed by atoms with Crippen LogP contribution >= 0.6 is 0 Å². The molecular formula is C17H24N6O. The van der Waals surface area contributed by atoms with Gasteiger partial charge in [0.25, 0.3) is 0 Å². The minimum Gasteiger partial charge on any atom is -0.375 e. The number of aromatic nitrogens is 3. The number of benzene rings is 1. The van der Waals surface area contributed by atoms with Crippen molar-refractivity contribution in [1.29, 1.82) is 0 Å². The van der Waals surface area contributed by atoms with E-state index in [2.05, 4.69) is 27.2 Å². The highest BCUT2D eigenvalue weighted by Gasteiger charge is 2.24. The third kappa shape index (κ3) is 3.67. The first-order valence-electron chi connectivity index (χ1n) is 8.38. The Morgan fingerprint density at radius 1 is 1.38 bits per heavy atom. The third-order valence-electron chi connectivity index (χ3n) is 4.57. The topological polar surface area (TPSA) is 66.3 Å². The molecule has 0 unspecified atom stereocenters. The Balaban J connectivity index is 1.56. The number of likely N-dealkylation sites (tertiary alicyclic amines) is 1. The maximum Gasteiger partial charge on any atom is 0.321 e. The SMILES string of the molecule is CCN(C)c1cccc(NC(=O)N2CCC(n3cncn3)CC2)c1. The molecule has 1 saturated heterocycles. The Labute approximate surface area is 142 Å². The number of nitrogens with one attached hydrogen (secondary N) is 1. The molecule has 0 spiro atoms. The lowest BCUT2D eigenvalue weighted by atomic mass is 10.1. The number of amides is 2. The number of rotatable bonds is 4. The summed E-state index contributed by atoms with van der Waals surface area (Å²) < 4.78 is 1.89. The number of piperidine rings is 1. The molecule has 1 fully saturated rings. The number of urea groups is 1. The summed E-state index contributed by atoms with van der Waals surface area (Å²) >= 11 is 0. The maximum absolute atomic E-state index is 12.5. The highest BCUT2D eigenvalue weighted by Crippen LogP contribution is 2.23. The summed E-state index contributed by atoms with van der Waals surface area (Å²) in [4.78, 5) is 20.5. The van der Waals surface area contributed by atoms with E-state index in [-0.39, 0.29) is 6.03 Å². The van der Waals surface area contributed by atoms with Crippen molar-refractivity contribution < 1.29 is 4.79 Å². The molecule has 7 nitrogen and oxygen atoms in total. The van der Waals surface area contributed by atoms with E-state index in [0.29, 0.717) is 6.04 Å². The zero-order chi connectivity index (χ0) is 16.9. The van der Waals surface area contributed by atoms with E-state index in [1.807, 2.05) is 40.9 Å². The van der Waals surface area contributed by atoms with Crippen LogP contribution in [0.4, 0.5) is 16.2 Å². The molecule has 128 valence electrons. The smallest absolute Gasteiger partial charge is 0.321 e. The lowest BCUT2D eigenvalue weighted by Crippen LogP contribution is -2.41. The van der Waals surface area contributed by atoms with Crippen LogP contribution in [0.2, 0.25) is 0 Å². The molecule has 0 radical (unpaired) electrons. The van der Waals surface area contributed by atoms with Crippen molar-refractivity contribution in [2.45, 2.75) is 25.8 Å². The molecule has 0 aliphatic carbocycles. The van der Waals surface area contributed by atoms with E-state index in [4.69, 9.17) is 0 Å². The maximum atomic E-state index is 12.5. The Hall–Kier alpha value is -2.57. The molecule has 0 bridgehead atoms. The van der Waals surface area contributed by atoms with Crippen LogP contribution in [0.5, 0.6) is 0 Å². The summed E-state index contributed by atoms with van der Waals surface area (Å²) in [5.74, 6) is 0. The van der Waals surface area contributed by atoms with Crippen molar-refractivity contribution in [3.8, 4) is 0 Å². The zero-order valence-corrected chi connectivity index (χ0v) is 14.2. The fourth-order valence-electron chi connectivity index (χ4n) is 2.95. The van der Waals surface area contributed by atoms with Crippen LogP contribution in [0.25, 0.3) is 0 Å². The van der Waals surface area contributed by atoms with Gasteiger partial charge in [0.2, 0.25) is 0 Å². The second kappa shape index (κ2) is 7.33. The van der Waals surface area contributed by atoms with Crippen LogP contribution in [0.1, 0.15) is 25.8 Å². The van der Waals surface area contributed by atoms with Crippen molar-refractivity contribution >= 4 is 17.4 Å². The summed E-state index contributed by atoms with van der Waals surface area (Å²) in [6.07, 6.45) is 5.10. The summed E-state index contributed by atoms with van der Waals surface area (Å²) in [6.45, 7) is 4.48. The minimum absolute atomic E-state index is 0.0386. The Kier molecular flexibility index (Phi) is 4.98. The highest BCUT2D eigenvalue weighted by molar-refractivity contribution is 5.90. The van der Waals surface area contributed by atoms with E-state index in [1.165, 1.54) is 0 Å². The number of carbonyl (C=O) groups excluding carboxylic acids is 1. The van der Waals surface area contributed by atoms with Gasteiger partial charge in [-0.15, -0.1) is 0 Å². The van der Waals surface area contributed by atoms with Gasteiger partial charge in [0.15, 0.2) is 0 Å². The molecule has 2 aromatic rings. The second-order valence-corrected chi connectivity index (χ2v) is 6.09. The van der Waals surface area contributed by atoms with E-state index >= 15 is 0 Å². The Morgan fingerprint density at radius 3 is 2.83 bits per heavy atom. The van der Waals surface area contributed by atoms with Gasteiger partial charge in [-0.05, 0) is 38.0 Å². The van der Waals surface area contributed by atoms with Gasteiger partial charge in [-0.1, -0.05) is 6.07 Å². The first-order chi connectivity index (χ1) is 11.7. The Bertz CT molecular complexity index is 663. The lowest BCUT2D eigenvalue weighted by Gasteiger charge is -2.32. The average Bonchev–Trinajstić information content (AvgIpc) is 3.16. The van der Waals surface area contributed by atoms with Crippen molar-refractivity contribution in [2.24, 2.45) is 0 Å². The average molecular weight is 328 g/mol. The van der Waals surface area contributed by atoms with Crippen LogP contribution in [-0.2, 0) is 0 Å². The fourth-order valence-corrected chi connectivity index (χ4v) is 2.95. The first-order valence-corrected chi connectivity index (χ1v) is 8.38. The third-order valence-corrected chi connectivity index (χ3v) is 4.57. The molecule has 1 aliphatic rings. The molecule has 1 aliphatic heterocycles. The summed E-state index contributed by atoms with van der Waals surface area (Å²) in [6, 6.07) is 8.23. The van der Waals surface area contributed by atoms with E-state index in [0.717, 1.165) is 43.9 Å². The number of nitrogens with zero attached hydrogens (tertiary/aromatic N) is 5. The first kappa shape index (κ1) is 16.3. The highest BCUT2D eigenvalue weighted by atomic mass is 16.2. The summed E-state index contributed by atoms with van der Waals surface area (Å²) in [5, 5.41) is 7.20. The van der Waals surface area contributed by atoms with E-state index < -0.39 is 0 Å².